The lowest BCUT2D eigenvalue weighted by Crippen LogP contribution is -2.50. The molecule has 9 nitrogen and oxygen atoms in total. The molecular formula is C19H23N7O2. The van der Waals surface area contributed by atoms with Crippen molar-refractivity contribution in [2.24, 2.45) is 7.05 Å². The minimum absolute atomic E-state index is 0.0631. The average molecular weight is 381 g/mol. The number of benzene rings is 1. The molecule has 3 heterocycles. The summed E-state index contributed by atoms with van der Waals surface area (Å²) in [4.78, 5) is 25.6. The number of aromatic nitrogens is 4. The van der Waals surface area contributed by atoms with Gasteiger partial charge in [-0.2, -0.15) is 4.98 Å². The number of nitrogens with zero attached hydrogens (tertiary/aromatic N) is 6. The van der Waals surface area contributed by atoms with Gasteiger partial charge in [-0.3, -0.25) is 4.90 Å². The Kier molecular flexibility index (Phi) is 4.82. The van der Waals surface area contributed by atoms with E-state index in [4.69, 9.17) is 4.52 Å². The number of hydrogen-bond donors (Lipinski definition) is 1. The first-order valence-electron chi connectivity index (χ1n) is 9.15. The molecule has 9 heteroatoms. The summed E-state index contributed by atoms with van der Waals surface area (Å²) in [7, 11) is 4.03. The third kappa shape index (κ3) is 3.61. The summed E-state index contributed by atoms with van der Waals surface area (Å²) >= 11 is 0. The molecule has 4 rings (SSSR count). The maximum absolute atomic E-state index is 12.8. The number of nitrogens with one attached hydrogen (secondary N) is 1. The maximum atomic E-state index is 12.8. The smallest absolute Gasteiger partial charge is 0.321 e. The zero-order valence-electron chi connectivity index (χ0n) is 16.2. The lowest BCUT2D eigenvalue weighted by molar-refractivity contribution is 0.110. The number of rotatable bonds is 3. The van der Waals surface area contributed by atoms with E-state index in [0.717, 1.165) is 17.9 Å². The van der Waals surface area contributed by atoms with Gasteiger partial charge in [0.05, 0.1) is 6.04 Å². The van der Waals surface area contributed by atoms with Gasteiger partial charge in [0.15, 0.2) is 0 Å². The average Bonchev–Trinajstić information content (AvgIpc) is 3.30. The SMILES string of the molecule is Cc1nc(-c2cccc(NC(=O)N3CCN(C)[C@@H](c4nccn4C)C3)c2)no1. The molecule has 146 valence electrons. The summed E-state index contributed by atoms with van der Waals surface area (Å²) in [6.07, 6.45) is 3.71. The van der Waals surface area contributed by atoms with E-state index in [1.54, 1.807) is 13.1 Å². The fourth-order valence-electron chi connectivity index (χ4n) is 3.39. The number of amides is 2. The number of imidazole rings is 1. The van der Waals surface area contributed by atoms with E-state index >= 15 is 0 Å². The minimum atomic E-state index is -0.131. The van der Waals surface area contributed by atoms with Gasteiger partial charge in [0.2, 0.25) is 11.7 Å². The highest BCUT2D eigenvalue weighted by atomic mass is 16.5. The standard InChI is InChI=1S/C19H23N7O2/c1-13-21-17(23-28-13)14-5-4-6-15(11-14)22-19(27)26-10-9-24(2)16(12-26)18-20-7-8-25(18)3/h4-8,11,16H,9-10,12H2,1-3H3,(H,22,27)/t16-/m1/s1. The molecule has 0 saturated carbocycles. The second kappa shape index (κ2) is 7.43. The van der Waals surface area contributed by atoms with Gasteiger partial charge in [-0.15, -0.1) is 0 Å². The highest BCUT2D eigenvalue weighted by molar-refractivity contribution is 5.90. The van der Waals surface area contributed by atoms with Crippen molar-refractivity contribution in [3.05, 3.63) is 48.4 Å². The van der Waals surface area contributed by atoms with Crippen molar-refractivity contribution >= 4 is 11.7 Å². The van der Waals surface area contributed by atoms with Crippen LogP contribution in [0.5, 0.6) is 0 Å². The molecule has 3 aromatic rings. The number of aryl methyl sites for hydroxylation is 2. The van der Waals surface area contributed by atoms with Gasteiger partial charge in [0.1, 0.15) is 5.82 Å². The normalized spacial score (nSPS) is 17.7. The molecule has 2 amide bonds. The highest BCUT2D eigenvalue weighted by Gasteiger charge is 2.30. The van der Waals surface area contributed by atoms with Crippen LogP contribution in [0.1, 0.15) is 17.8 Å². The van der Waals surface area contributed by atoms with Gasteiger partial charge in [0, 0.05) is 57.3 Å². The van der Waals surface area contributed by atoms with Crippen LogP contribution >= 0.6 is 0 Å². The van der Waals surface area contributed by atoms with Crippen molar-refractivity contribution in [3.63, 3.8) is 0 Å². The Balaban J connectivity index is 1.47. The van der Waals surface area contributed by atoms with Gasteiger partial charge in [0.25, 0.3) is 0 Å². The molecule has 1 atom stereocenters. The van der Waals surface area contributed by atoms with Crippen LogP contribution in [0.4, 0.5) is 10.5 Å². The van der Waals surface area contributed by atoms with Crippen LogP contribution in [0.15, 0.2) is 41.2 Å². The lowest BCUT2D eigenvalue weighted by Gasteiger charge is -2.38. The van der Waals surface area contributed by atoms with Crippen molar-refractivity contribution < 1.29 is 9.32 Å². The number of carbonyl (C=O) groups is 1. The molecule has 0 aliphatic carbocycles. The summed E-state index contributed by atoms with van der Waals surface area (Å²) < 4.78 is 7.03. The molecule has 0 radical (unpaired) electrons. The van der Waals surface area contributed by atoms with E-state index in [0.29, 0.717) is 30.5 Å². The predicted octanol–water partition coefficient (Wildman–Crippen LogP) is 2.30. The van der Waals surface area contributed by atoms with Crippen LogP contribution in [-0.2, 0) is 7.05 Å². The monoisotopic (exact) mass is 381 g/mol. The summed E-state index contributed by atoms with van der Waals surface area (Å²) in [5.41, 5.74) is 1.48. The van der Waals surface area contributed by atoms with Crippen LogP contribution in [0.3, 0.4) is 0 Å². The molecule has 0 unspecified atom stereocenters. The largest absolute Gasteiger partial charge is 0.339 e. The minimum Gasteiger partial charge on any atom is -0.339 e. The quantitative estimate of drug-likeness (QED) is 0.748. The number of carbonyl (C=O) groups excluding carboxylic acids is 1. The Labute approximate surface area is 163 Å². The van der Waals surface area contributed by atoms with Crippen LogP contribution in [0.2, 0.25) is 0 Å². The van der Waals surface area contributed by atoms with E-state index < -0.39 is 0 Å². The molecule has 0 bridgehead atoms. The topological polar surface area (TPSA) is 92.3 Å². The number of hydrogen-bond acceptors (Lipinski definition) is 6. The van der Waals surface area contributed by atoms with Gasteiger partial charge in [-0.1, -0.05) is 17.3 Å². The maximum Gasteiger partial charge on any atom is 0.321 e. The number of likely N-dealkylation sites (N-methyl/N-ethyl adjacent to an activating group) is 1. The molecule has 1 aliphatic heterocycles. The first-order valence-corrected chi connectivity index (χ1v) is 9.15. The predicted molar refractivity (Wildman–Crippen MR) is 104 cm³/mol. The van der Waals surface area contributed by atoms with E-state index in [1.165, 1.54) is 0 Å². The zero-order chi connectivity index (χ0) is 19.7. The molecule has 1 aromatic carbocycles. The van der Waals surface area contributed by atoms with Crippen LogP contribution in [0.25, 0.3) is 11.4 Å². The Bertz CT molecular complexity index is 980. The Morgan fingerprint density at radius 1 is 1.29 bits per heavy atom. The summed E-state index contributed by atoms with van der Waals surface area (Å²) in [5, 5.41) is 6.91. The van der Waals surface area contributed by atoms with E-state index in [-0.39, 0.29) is 12.1 Å². The third-order valence-electron chi connectivity index (χ3n) is 4.99. The Morgan fingerprint density at radius 3 is 2.86 bits per heavy atom. The number of piperazine rings is 1. The molecule has 0 spiro atoms. The molecule has 1 N–H and O–H groups in total. The summed E-state index contributed by atoms with van der Waals surface area (Å²) in [5.74, 6) is 1.96. The summed E-state index contributed by atoms with van der Waals surface area (Å²) in [6.45, 7) is 3.77. The fraction of sp³-hybridized carbons (Fsp3) is 0.368. The lowest BCUT2D eigenvalue weighted by atomic mass is 10.1. The number of urea groups is 1. The van der Waals surface area contributed by atoms with Crippen molar-refractivity contribution in [1.82, 2.24) is 29.5 Å². The van der Waals surface area contributed by atoms with Gasteiger partial charge >= 0.3 is 6.03 Å². The van der Waals surface area contributed by atoms with Gasteiger partial charge < -0.3 is 19.3 Å². The van der Waals surface area contributed by atoms with Crippen LogP contribution in [0, 0.1) is 6.92 Å². The molecule has 1 saturated heterocycles. The molecule has 1 fully saturated rings. The van der Waals surface area contributed by atoms with Crippen molar-refractivity contribution in [3.8, 4) is 11.4 Å². The Hall–Kier alpha value is -3.20. The summed E-state index contributed by atoms with van der Waals surface area (Å²) in [6, 6.07) is 7.36. The first kappa shape index (κ1) is 18.2. The van der Waals surface area contributed by atoms with Crippen molar-refractivity contribution in [2.75, 3.05) is 32.0 Å². The molecule has 28 heavy (non-hydrogen) atoms. The van der Waals surface area contributed by atoms with Gasteiger partial charge in [-0.05, 0) is 19.2 Å². The molecule has 2 aromatic heterocycles. The second-order valence-corrected chi connectivity index (χ2v) is 6.99. The van der Waals surface area contributed by atoms with Crippen LogP contribution < -0.4 is 5.32 Å². The first-order chi connectivity index (χ1) is 13.5. The molecular weight excluding hydrogens is 358 g/mol. The van der Waals surface area contributed by atoms with E-state index in [2.05, 4.69) is 32.4 Å². The van der Waals surface area contributed by atoms with Crippen molar-refractivity contribution in [2.45, 2.75) is 13.0 Å². The number of anilines is 1. The van der Waals surface area contributed by atoms with E-state index in [1.807, 2.05) is 47.0 Å². The highest BCUT2D eigenvalue weighted by Crippen LogP contribution is 2.24. The van der Waals surface area contributed by atoms with Gasteiger partial charge in [-0.25, -0.2) is 9.78 Å². The van der Waals surface area contributed by atoms with E-state index in [9.17, 15) is 4.79 Å². The zero-order valence-corrected chi connectivity index (χ0v) is 16.2. The molecule has 1 aliphatic rings. The fourth-order valence-corrected chi connectivity index (χ4v) is 3.39. The Morgan fingerprint density at radius 2 is 2.14 bits per heavy atom. The van der Waals surface area contributed by atoms with Crippen LogP contribution in [-0.4, -0.2) is 62.2 Å². The van der Waals surface area contributed by atoms with Crippen molar-refractivity contribution in [1.29, 1.82) is 0 Å². The second-order valence-electron chi connectivity index (χ2n) is 6.99. The third-order valence-corrected chi connectivity index (χ3v) is 4.99.